The van der Waals surface area contributed by atoms with Crippen LogP contribution in [0.2, 0.25) is 0 Å². The molecule has 5 nitrogen and oxygen atoms in total. The van der Waals surface area contributed by atoms with Gasteiger partial charge in [0.05, 0.1) is 0 Å². The Morgan fingerprint density at radius 1 is 1.08 bits per heavy atom. The molecule has 0 spiro atoms. The lowest BCUT2D eigenvalue weighted by Gasteiger charge is -2.18. The van der Waals surface area contributed by atoms with Crippen molar-refractivity contribution in [1.82, 2.24) is 4.90 Å². The van der Waals surface area contributed by atoms with Crippen molar-refractivity contribution in [1.29, 1.82) is 0 Å². The molecule has 1 N–H and O–H groups in total. The minimum atomic E-state index is -0.169. The molecule has 1 saturated heterocycles. The lowest BCUT2D eigenvalue weighted by atomic mass is 10.1. The summed E-state index contributed by atoms with van der Waals surface area (Å²) in [7, 11) is 1.82. The molecule has 5 heteroatoms. The van der Waals surface area contributed by atoms with E-state index >= 15 is 0 Å². The number of nitrogens with zero attached hydrogens (tertiary/aromatic N) is 2. The van der Waals surface area contributed by atoms with Crippen LogP contribution in [0.1, 0.15) is 22.3 Å². The molecule has 0 aromatic heterocycles. The molecule has 2 aliphatic heterocycles. The van der Waals surface area contributed by atoms with Crippen molar-refractivity contribution in [3.63, 3.8) is 0 Å². The molecule has 1 unspecified atom stereocenters. The van der Waals surface area contributed by atoms with E-state index in [1.165, 1.54) is 5.56 Å². The Morgan fingerprint density at radius 3 is 2.56 bits per heavy atom. The van der Waals surface area contributed by atoms with Crippen LogP contribution in [-0.4, -0.2) is 42.9 Å². The van der Waals surface area contributed by atoms with E-state index in [-0.39, 0.29) is 17.9 Å². The van der Waals surface area contributed by atoms with E-state index < -0.39 is 0 Å². The SMILES string of the molecule is CN1CCC(Nc2ccc(C(=O)N3CCc4ccccc43)cc2)C1=O. The van der Waals surface area contributed by atoms with Crippen molar-refractivity contribution in [2.75, 3.05) is 30.4 Å². The van der Waals surface area contributed by atoms with Gasteiger partial charge in [0.25, 0.3) is 5.91 Å². The van der Waals surface area contributed by atoms with Crippen LogP contribution in [0.15, 0.2) is 48.5 Å². The van der Waals surface area contributed by atoms with Crippen molar-refractivity contribution in [3.05, 3.63) is 59.7 Å². The molecular weight excluding hydrogens is 314 g/mol. The zero-order valence-corrected chi connectivity index (χ0v) is 14.2. The van der Waals surface area contributed by atoms with Crippen LogP contribution in [0.25, 0.3) is 0 Å². The van der Waals surface area contributed by atoms with Crippen molar-refractivity contribution in [3.8, 4) is 0 Å². The largest absolute Gasteiger partial charge is 0.374 e. The minimum absolute atomic E-state index is 0.0215. The Bertz CT molecular complexity index is 816. The molecule has 25 heavy (non-hydrogen) atoms. The molecule has 2 aromatic carbocycles. The van der Waals surface area contributed by atoms with Gasteiger partial charge in [-0.05, 0) is 48.7 Å². The number of likely N-dealkylation sites (tertiary alicyclic amines) is 1. The van der Waals surface area contributed by atoms with Crippen molar-refractivity contribution in [2.45, 2.75) is 18.9 Å². The molecule has 0 bridgehead atoms. The van der Waals surface area contributed by atoms with Gasteiger partial charge >= 0.3 is 0 Å². The average Bonchev–Trinajstić information content (AvgIpc) is 3.20. The first-order valence-electron chi connectivity index (χ1n) is 8.65. The molecule has 0 saturated carbocycles. The molecule has 2 aromatic rings. The molecule has 128 valence electrons. The third kappa shape index (κ3) is 2.86. The number of rotatable bonds is 3. The van der Waals surface area contributed by atoms with E-state index in [2.05, 4.69) is 11.4 Å². The summed E-state index contributed by atoms with van der Waals surface area (Å²) < 4.78 is 0. The average molecular weight is 335 g/mol. The molecule has 0 radical (unpaired) electrons. The van der Waals surface area contributed by atoms with Crippen LogP contribution < -0.4 is 10.2 Å². The summed E-state index contributed by atoms with van der Waals surface area (Å²) in [5.41, 5.74) is 3.76. The Kier molecular flexibility index (Phi) is 3.92. The summed E-state index contributed by atoms with van der Waals surface area (Å²) >= 11 is 0. The third-order valence-corrected chi connectivity index (χ3v) is 5.03. The van der Waals surface area contributed by atoms with Crippen LogP contribution in [0.5, 0.6) is 0 Å². The Hall–Kier alpha value is -2.82. The van der Waals surface area contributed by atoms with Crippen molar-refractivity contribution < 1.29 is 9.59 Å². The number of para-hydroxylation sites is 1. The van der Waals surface area contributed by atoms with Gasteiger partial charge in [0, 0.05) is 37.1 Å². The lowest BCUT2D eigenvalue weighted by Crippen LogP contribution is -2.31. The Balaban J connectivity index is 1.47. The van der Waals surface area contributed by atoms with Gasteiger partial charge in [0.1, 0.15) is 6.04 Å². The highest BCUT2D eigenvalue weighted by molar-refractivity contribution is 6.07. The normalized spacial score (nSPS) is 19.2. The summed E-state index contributed by atoms with van der Waals surface area (Å²) in [5, 5.41) is 3.26. The second-order valence-corrected chi connectivity index (χ2v) is 6.66. The van der Waals surface area contributed by atoms with Crippen molar-refractivity contribution in [2.24, 2.45) is 0 Å². The van der Waals surface area contributed by atoms with E-state index in [0.717, 1.165) is 37.3 Å². The number of fused-ring (bicyclic) bond motifs is 1. The fourth-order valence-electron chi connectivity index (χ4n) is 3.57. The monoisotopic (exact) mass is 335 g/mol. The Morgan fingerprint density at radius 2 is 1.84 bits per heavy atom. The first-order valence-corrected chi connectivity index (χ1v) is 8.65. The van der Waals surface area contributed by atoms with Gasteiger partial charge in [-0.3, -0.25) is 9.59 Å². The van der Waals surface area contributed by atoms with E-state index in [9.17, 15) is 9.59 Å². The number of anilines is 2. The quantitative estimate of drug-likeness (QED) is 0.938. The number of likely N-dealkylation sites (N-methyl/N-ethyl adjacent to an activating group) is 1. The van der Waals surface area contributed by atoms with Gasteiger partial charge in [-0.15, -0.1) is 0 Å². The summed E-state index contributed by atoms with van der Waals surface area (Å²) in [5.74, 6) is 0.141. The fraction of sp³-hybridized carbons (Fsp3) is 0.300. The number of nitrogens with one attached hydrogen (secondary N) is 1. The van der Waals surface area contributed by atoms with Gasteiger partial charge in [0.15, 0.2) is 0 Å². The topological polar surface area (TPSA) is 52.7 Å². The van der Waals surface area contributed by atoms with Gasteiger partial charge in [0.2, 0.25) is 5.91 Å². The first-order chi connectivity index (χ1) is 12.1. The fourth-order valence-corrected chi connectivity index (χ4v) is 3.57. The number of benzene rings is 2. The Labute approximate surface area is 147 Å². The number of hydrogen-bond donors (Lipinski definition) is 1. The number of amides is 2. The molecule has 4 rings (SSSR count). The van der Waals surface area contributed by atoms with E-state index in [4.69, 9.17) is 0 Å². The summed E-state index contributed by atoms with van der Waals surface area (Å²) in [6.45, 7) is 1.50. The van der Waals surface area contributed by atoms with Crippen LogP contribution >= 0.6 is 0 Å². The maximum Gasteiger partial charge on any atom is 0.258 e. The highest BCUT2D eigenvalue weighted by Gasteiger charge is 2.29. The lowest BCUT2D eigenvalue weighted by molar-refractivity contribution is -0.127. The zero-order chi connectivity index (χ0) is 17.4. The summed E-state index contributed by atoms with van der Waals surface area (Å²) in [6, 6.07) is 15.3. The van der Waals surface area contributed by atoms with Crippen LogP contribution in [0.3, 0.4) is 0 Å². The van der Waals surface area contributed by atoms with Gasteiger partial charge in [-0.1, -0.05) is 18.2 Å². The second kappa shape index (κ2) is 6.24. The smallest absolute Gasteiger partial charge is 0.258 e. The second-order valence-electron chi connectivity index (χ2n) is 6.66. The highest BCUT2D eigenvalue weighted by atomic mass is 16.2. The molecule has 1 atom stereocenters. The van der Waals surface area contributed by atoms with E-state index in [0.29, 0.717) is 5.56 Å². The summed E-state index contributed by atoms with van der Waals surface area (Å²) in [4.78, 5) is 28.4. The van der Waals surface area contributed by atoms with Crippen LogP contribution in [0, 0.1) is 0 Å². The molecule has 2 aliphatic rings. The molecule has 2 amide bonds. The van der Waals surface area contributed by atoms with E-state index in [1.807, 2.05) is 54.4 Å². The van der Waals surface area contributed by atoms with Crippen molar-refractivity contribution >= 4 is 23.2 Å². The number of carbonyl (C=O) groups is 2. The maximum atomic E-state index is 12.8. The summed E-state index contributed by atoms with van der Waals surface area (Å²) in [6.07, 6.45) is 1.71. The zero-order valence-electron chi connectivity index (χ0n) is 14.2. The van der Waals surface area contributed by atoms with Gasteiger partial charge < -0.3 is 15.1 Å². The number of carbonyl (C=O) groups excluding carboxylic acids is 2. The number of hydrogen-bond acceptors (Lipinski definition) is 3. The predicted octanol–water partition coefficient (Wildman–Crippen LogP) is 2.53. The van der Waals surface area contributed by atoms with Gasteiger partial charge in [-0.25, -0.2) is 0 Å². The molecule has 0 aliphatic carbocycles. The predicted molar refractivity (Wildman–Crippen MR) is 97.9 cm³/mol. The van der Waals surface area contributed by atoms with Crippen LogP contribution in [0.4, 0.5) is 11.4 Å². The molecule has 2 heterocycles. The minimum Gasteiger partial charge on any atom is -0.374 e. The third-order valence-electron chi connectivity index (χ3n) is 5.03. The first kappa shape index (κ1) is 15.7. The van der Waals surface area contributed by atoms with E-state index in [1.54, 1.807) is 4.90 Å². The van der Waals surface area contributed by atoms with Gasteiger partial charge in [-0.2, -0.15) is 0 Å². The molecular formula is C20H21N3O2. The maximum absolute atomic E-state index is 12.8. The standard InChI is InChI=1S/C20H21N3O2/c1-22-12-11-17(20(22)25)21-16-8-6-15(7-9-16)19(24)23-13-10-14-4-2-3-5-18(14)23/h2-9,17,21H,10-13H2,1H3. The van der Waals surface area contributed by atoms with Crippen LogP contribution in [-0.2, 0) is 11.2 Å². The molecule has 1 fully saturated rings. The highest BCUT2D eigenvalue weighted by Crippen LogP contribution is 2.29.